The Morgan fingerprint density at radius 1 is 1.07 bits per heavy atom. The third-order valence-electron chi connectivity index (χ3n) is 5.00. The molecule has 1 amide bonds. The van der Waals surface area contributed by atoms with Crippen LogP contribution in [0.15, 0.2) is 54.6 Å². The lowest BCUT2D eigenvalue weighted by Gasteiger charge is -2.25. The molecule has 0 unspecified atom stereocenters. The molecule has 1 aliphatic carbocycles. The van der Waals surface area contributed by atoms with E-state index in [1.54, 1.807) is 12.1 Å². The van der Waals surface area contributed by atoms with Gasteiger partial charge in [0.2, 0.25) is 5.91 Å². The van der Waals surface area contributed by atoms with E-state index < -0.39 is 0 Å². The van der Waals surface area contributed by atoms with E-state index >= 15 is 0 Å². The Kier molecular flexibility index (Phi) is 11.8. The van der Waals surface area contributed by atoms with E-state index in [9.17, 15) is 9.90 Å². The van der Waals surface area contributed by atoms with Crippen molar-refractivity contribution in [2.24, 2.45) is 5.92 Å². The number of aromatic hydroxyl groups is 1. The minimum Gasteiger partial charge on any atom is -0.508 e. The first-order valence-electron chi connectivity index (χ1n) is 8.81. The third-order valence-corrected chi connectivity index (χ3v) is 5.00. The summed E-state index contributed by atoms with van der Waals surface area (Å²) in [6.45, 7) is 0.630. The first kappa shape index (κ1) is 26.7. The summed E-state index contributed by atoms with van der Waals surface area (Å²) in [6, 6.07) is 17.8. The lowest BCUT2D eigenvalue weighted by molar-refractivity contribution is -0.122. The van der Waals surface area contributed by atoms with E-state index in [4.69, 9.17) is 0 Å². The summed E-state index contributed by atoms with van der Waals surface area (Å²) in [4.78, 5) is 14.6. The lowest BCUT2D eigenvalue weighted by Crippen LogP contribution is -2.42. The second-order valence-corrected chi connectivity index (χ2v) is 7.09. The molecule has 3 atom stereocenters. The molecule has 0 bridgehead atoms. The fraction of sp³-hybridized carbons (Fsp3) is 0.381. The highest BCUT2D eigenvalue weighted by Gasteiger charge is 2.43. The van der Waals surface area contributed by atoms with Crippen LogP contribution < -0.4 is 5.32 Å². The van der Waals surface area contributed by atoms with Crippen molar-refractivity contribution >= 4 is 46.4 Å². The Labute approximate surface area is 189 Å². The van der Waals surface area contributed by atoms with Crippen LogP contribution in [0, 0.1) is 5.92 Å². The average molecular weight is 441 g/mol. The van der Waals surface area contributed by atoms with Gasteiger partial charge >= 0.3 is 0 Å². The van der Waals surface area contributed by atoms with Crippen LogP contribution >= 0.6 is 40.5 Å². The van der Waals surface area contributed by atoms with Gasteiger partial charge in [0.1, 0.15) is 5.75 Å². The van der Waals surface area contributed by atoms with Crippen LogP contribution in [0.1, 0.15) is 23.5 Å². The molecule has 156 valence electrons. The van der Waals surface area contributed by atoms with Crippen LogP contribution in [0.5, 0.6) is 5.75 Å². The molecular weight excluding hydrogens is 408 g/mol. The smallest absolute Gasteiger partial charge is 0.223 e. The number of hydrogen-bond donors (Lipinski definition) is 2. The van der Waals surface area contributed by atoms with Gasteiger partial charge in [-0.3, -0.25) is 4.79 Å². The van der Waals surface area contributed by atoms with Crippen molar-refractivity contribution in [3.63, 3.8) is 0 Å². The summed E-state index contributed by atoms with van der Waals surface area (Å²) in [5.74, 6) is 0.917. The largest absolute Gasteiger partial charge is 0.508 e. The Hall–Kier alpha value is -1.28. The molecule has 0 radical (unpaired) electrons. The molecule has 28 heavy (non-hydrogen) atoms. The van der Waals surface area contributed by atoms with Crippen molar-refractivity contribution in [2.45, 2.75) is 24.8 Å². The molecule has 3 rings (SSSR count). The van der Waals surface area contributed by atoms with Gasteiger partial charge in [-0.15, -0.1) is 0 Å². The maximum atomic E-state index is 12.5. The predicted octanol–water partition coefficient (Wildman–Crippen LogP) is 3.12. The maximum Gasteiger partial charge on any atom is 0.223 e. The van der Waals surface area contributed by atoms with E-state index in [2.05, 4.69) is 22.3 Å². The zero-order valence-electron chi connectivity index (χ0n) is 16.4. The van der Waals surface area contributed by atoms with E-state index in [1.807, 2.05) is 44.4 Å². The molecule has 7 heteroatoms. The fourth-order valence-corrected chi connectivity index (χ4v) is 3.24. The molecule has 2 N–H and O–H groups in total. The molecule has 4 nitrogen and oxygen atoms in total. The number of phenols is 1. The number of amides is 1. The number of carbonyl (C=O) groups is 1. The van der Waals surface area contributed by atoms with E-state index in [-0.39, 0.29) is 64.1 Å². The van der Waals surface area contributed by atoms with Crippen LogP contribution in [0.3, 0.4) is 0 Å². The van der Waals surface area contributed by atoms with Crippen LogP contribution in [0.4, 0.5) is 0 Å². The van der Waals surface area contributed by atoms with Gasteiger partial charge in [-0.1, -0.05) is 42.5 Å². The number of nitrogens with zero attached hydrogens (tertiary/aromatic N) is 1. The van der Waals surface area contributed by atoms with Gasteiger partial charge in [0, 0.05) is 18.5 Å². The van der Waals surface area contributed by atoms with Gasteiger partial charge in [-0.2, -0.15) is 40.5 Å². The summed E-state index contributed by atoms with van der Waals surface area (Å²) in [5.41, 5.74) is 2.41. The molecule has 2 aromatic carbocycles. The topological polar surface area (TPSA) is 52.6 Å². The molecular formula is C21H32N2O2S3. The van der Waals surface area contributed by atoms with Gasteiger partial charge in [0.25, 0.3) is 0 Å². The Bertz CT molecular complexity index is 711. The van der Waals surface area contributed by atoms with Gasteiger partial charge in [0.05, 0.1) is 0 Å². The Morgan fingerprint density at radius 2 is 1.68 bits per heavy atom. The normalized spacial score (nSPS) is 18.1. The van der Waals surface area contributed by atoms with Crippen molar-refractivity contribution in [3.8, 4) is 5.75 Å². The van der Waals surface area contributed by atoms with Gasteiger partial charge in [-0.25, -0.2) is 0 Å². The van der Waals surface area contributed by atoms with Crippen molar-refractivity contribution in [3.05, 3.63) is 65.7 Å². The number of carbonyl (C=O) groups excluding carboxylic acids is 1. The monoisotopic (exact) mass is 440 g/mol. The van der Waals surface area contributed by atoms with E-state index in [1.165, 1.54) is 5.56 Å². The van der Waals surface area contributed by atoms with Crippen LogP contribution in [-0.2, 0) is 11.2 Å². The van der Waals surface area contributed by atoms with Crippen molar-refractivity contribution < 1.29 is 9.90 Å². The average Bonchev–Trinajstić information content (AvgIpc) is 3.41. The second-order valence-electron chi connectivity index (χ2n) is 7.09. The molecule has 0 saturated heterocycles. The molecule has 1 saturated carbocycles. The van der Waals surface area contributed by atoms with Crippen molar-refractivity contribution in [1.29, 1.82) is 0 Å². The lowest BCUT2D eigenvalue weighted by atomic mass is 10.0. The molecule has 1 aliphatic rings. The van der Waals surface area contributed by atoms with Gasteiger partial charge < -0.3 is 15.3 Å². The molecule has 0 aliphatic heterocycles. The van der Waals surface area contributed by atoms with Gasteiger partial charge in [-0.05, 0) is 56.1 Å². The second kappa shape index (κ2) is 12.3. The standard InChI is InChI=1S/C21H26N2O2.3H2S/c1-23(2)17(12-15-8-10-18(24)11-9-15)14-22-21(25)20-13-19(20)16-6-4-3-5-7-16;;;/h3-11,17,19-20,24H,12-14H2,1-2H3,(H,22,25);3*1H2/t17-,19+,20-;;;/m0.../s1. The molecule has 2 aromatic rings. The first-order valence-corrected chi connectivity index (χ1v) is 8.81. The maximum absolute atomic E-state index is 12.5. The summed E-state index contributed by atoms with van der Waals surface area (Å²) in [7, 11) is 4.06. The van der Waals surface area contributed by atoms with E-state index in [0.717, 1.165) is 18.4 Å². The number of phenolic OH excluding ortho intramolecular Hbond substituents is 1. The number of hydrogen-bond acceptors (Lipinski definition) is 3. The minimum absolute atomic E-state index is 0. The fourth-order valence-electron chi connectivity index (χ4n) is 3.24. The van der Waals surface area contributed by atoms with Crippen LogP contribution in [-0.4, -0.2) is 42.6 Å². The first-order chi connectivity index (χ1) is 12.0. The van der Waals surface area contributed by atoms with Crippen molar-refractivity contribution in [1.82, 2.24) is 10.2 Å². The number of benzene rings is 2. The zero-order chi connectivity index (χ0) is 17.8. The van der Waals surface area contributed by atoms with Gasteiger partial charge in [0.15, 0.2) is 0 Å². The number of rotatable bonds is 7. The predicted molar refractivity (Wildman–Crippen MR) is 131 cm³/mol. The zero-order valence-corrected chi connectivity index (χ0v) is 19.4. The summed E-state index contributed by atoms with van der Waals surface area (Å²) in [6.07, 6.45) is 1.78. The van der Waals surface area contributed by atoms with Crippen LogP contribution in [0.25, 0.3) is 0 Å². The molecule has 0 aromatic heterocycles. The van der Waals surface area contributed by atoms with Crippen LogP contribution in [0.2, 0.25) is 0 Å². The quantitative estimate of drug-likeness (QED) is 0.696. The minimum atomic E-state index is 0. The Morgan fingerprint density at radius 3 is 2.25 bits per heavy atom. The number of nitrogens with one attached hydrogen (secondary N) is 1. The summed E-state index contributed by atoms with van der Waals surface area (Å²) < 4.78 is 0. The van der Waals surface area contributed by atoms with Crippen molar-refractivity contribution in [2.75, 3.05) is 20.6 Å². The Balaban J connectivity index is 0.00000243. The molecule has 0 spiro atoms. The SMILES string of the molecule is CN(C)[C@H](CNC(=O)[C@H]1C[C@@H]1c1ccccc1)Cc1ccc(O)cc1.S.S.S. The summed E-state index contributed by atoms with van der Waals surface area (Å²) in [5, 5.41) is 12.5. The third kappa shape index (κ3) is 7.28. The van der Waals surface area contributed by atoms with E-state index in [0.29, 0.717) is 12.5 Å². The molecule has 0 heterocycles. The highest BCUT2D eigenvalue weighted by molar-refractivity contribution is 7.59. The highest BCUT2D eigenvalue weighted by atomic mass is 32.1. The number of likely N-dealkylation sites (N-methyl/N-ethyl adjacent to an activating group) is 1. The molecule has 1 fully saturated rings. The highest BCUT2D eigenvalue weighted by Crippen LogP contribution is 2.47. The summed E-state index contributed by atoms with van der Waals surface area (Å²) >= 11 is 0.